The van der Waals surface area contributed by atoms with Crippen LogP contribution in [0.2, 0.25) is 0 Å². The van der Waals surface area contributed by atoms with E-state index in [-0.39, 0.29) is 11.0 Å². The Labute approximate surface area is 121 Å². The molecule has 0 saturated carbocycles. The minimum Gasteiger partial charge on any atom is -0.314 e. The zero-order valence-corrected chi connectivity index (χ0v) is 13.1. The summed E-state index contributed by atoms with van der Waals surface area (Å²) < 4.78 is 0. The highest BCUT2D eigenvalue weighted by Gasteiger charge is 2.28. The van der Waals surface area contributed by atoms with E-state index in [4.69, 9.17) is 0 Å². The molecule has 4 nitrogen and oxygen atoms in total. The smallest absolute Gasteiger partial charge is 0.314 e. The number of rotatable bonds is 9. The number of hydrogen-bond donors (Lipinski definition) is 2. The summed E-state index contributed by atoms with van der Waals surface area (Å²) in [4.78, 5) is 28.2. The lowest BCUT2D eigenvalue weighted by atomic mass is 9.75. The standard InChI is InChI=1S/C16H28N2O2/c1-4-6-8-10-16(3,11-9-7-5-2)13-12-17-15(20)18-14(13)19/h12H,4-11H2,1-3H3,(H2,17,18,19,20). The first-order valence-electron chi connectivity index (χ1n) is 7.86. The zero-order valence-electron chi connectivity index (χ0n) is 13.1. The quantitative estimate of drug-likeness (QED) is 0.680. The highest BCUT2D eigenvalue weighted by Crippen LogP contribution is 2.32. The number of aromatic nitrogens is 2. The topological polar surface area (TPSA) is 65.7 Å². The molecule has 2 N–H and O–H groups in total. The van der Waals surface area contributed by atoms with Gasteiger partial charge in [-0.2, -0.15) is 0 Å². The summed E-state index contributed by atoms with van der Waals surface area (Å²) in [6.07, 6.45) is 10.6. The minimum atomic E-state index is -0.428. The van der Waals surface area contributed by atoms with E-state index in [0.29, 0.717) is 0 Å². The van der Waals surface area contributed by atoms with Gasteiger partial charge in [-0.1, -0.05) is 59.3 Å². The molecule has 0 fully saturated rings. The van der Waals surface area contributed by atoms with Crippen molar-refractivity contribution >= 4 is 0 Å². The van der Waals surface area contributed by atoms with E-state index in [0.717, 1.165) is 31.2 Å². The molecule has 4 heteroatoms. The van der Waals surface area contributed by atoms with Gasteiger partial charge in [0.1, 0.15) is 0 Å². The van der Waals surface area contributed by atoms with Crippen molar-refractivity contribution in [2.75, 3.05) is 0 Å². The fourth-order valence-electron chi connectivity index (χ4n) is 2.78. The summed E-state index contributed by atoms with van der Waals surface area (Å²) in [6.45, 7) is 6.52. The van der Waals surface area contributed by atoms with Crippen molar-refractivity contribution in [1.29, 1.82) is 0 Å². The Morgan fingerprint density at radius 2 is 1.55 bits per heavy atom. The van der Waals surface area contributed by atoms with Crippen molar-refractivity contribution < 1.29 is 0 Å². The molecule has 0 aliphatic carbocycles. The molecule has 0 spiro atoms. The Bertz CT molecular complexity index is 492. The van der Waals surface area contributed by atoms with Crippen LogP contribution in [0.1, 0.15) is 77.7 Å². The molecule has 0 saturated heterocycles. The van der Waals surface area contributed by atoms with E-state index in [1.54, 1.807) is 6.20 Å². The van der Waals surface area contributed by atoms with Gasteiger partial charge in [0, 0.05) is 11.8 Å². The SMILES string of the molecule is CCCCCC(C)(CCCCC)c1c[nH]c(=O)[nH]c1=O. The fraction of sp³-hybridized carbons (Fsp3) is 0.750. The second-order valence-corrected chi connectivity index (χ2v) is 5.96. The summed E-state index contributed by atoms with van der Waals surface area (Å²) in [7, 11) is 0. The van der Waals surface area contributed by atoms with Crippen LogP contribution in [-0.4, -0.2) is 9.97 Å². The molecule has 0 amide bonds. The lowest BCUT2D eigenvalue weighted by molar-refractivity contribution is 0.362. The monoisotopic (exact) mass is 280 g/mol. The first-order valence-corrected chi connectivity index (χ1v) is 7.86. The second kappa shape index (κ2) is 8.08. The van der Waals surface area contributed by atoms with Crippen LogP contribution in [0.5, 0.6) is 0 Å². The normalized spacial score (nSPS) is 11.8. The van der Waals surface area contributed by atoms with E-state index in [9.17, 15) is 9.59 Å². The van der Waals surface area contributed by atoms with Gasteiger partial charge in [-0.3, -0.25) is 9.78 Å². The molecule has 0 aromatic carbocycles. The second-order valence-electron chi connectivity index (χ2n) is 5.96. The van der Waals surface area contributed by atoms with E-state index >= 15 is 0 Å². The van der Waals surface area contributed by atoms with Crippen LogP contribution in [0.4, 0.5) is 0 Å². The van der Waals surface area contributed by atoms with Crippen LogP contribution in [0.3, 0.4) is 0 Å². The van der Waals surface area contributed by atoms with E-state index in [2.05, 4.69) is 30.7 Å². The Morgan fingerprint density at radius 1 is 1.00 bits per heavy atom. The van der Waals surface area contributed by atoms with Gasteiger partial charge in [0.05, 0.1) is 0 Å². The van der Waals surface area contributed by atoms with Crippen molar-refractivity contribution in [2.45, 2.75) is 77.6 Å². The van der Waals surface area contributed by atoms with Crippen LogP contribution in [0, 0.1) is 0 Å². The molecule has 0 aliphatic rings. The molecule has 20 heavy (non-hydrogen) atoms. The molecule has 0 aliphatic heterocycles. The lowest BCUT2D eigenvalue weighted by Crippen LogP contribution is -2.34. The average molecular weight is 280 g/mol. The molecule has 1 rings (SSSR count). The molecule has 1 heterocycles. The van der Waals surface area contributed by atoms with Gasteiger partial charge in [0.25, 0.3) is 5.56 Å². The third kappa shape index (κ3) is 4.66. The molecule has 1 aromatic heterocycles. The molecule has 0 bridgehead atoms. The maximum Gasteiger partial charge on any atom is 0.325 e. The maximum absolute atomic E-state index is 12.1. The van der Waals surface area contributed by atoms with Crippen LogP contribution >= 0.6 is 0 Å². The Hall–Kier alpha value is -1.32. The number of hydrogen-bond acceptors (Lipinski definition) is 2. The average Bonchev–Trinajstić information content (AvgIpc) is 2.39. The summed E-state index contributed by atoms with van der Waals surface area (Å²) in [6, 6.07) is 0. The Kier molecular flexibility index (Phi) is 6.76. The molecule has 0 unspecified atom stereocenters. The predicted molar refractivity (Wildman–Crippen MR) is 83.3 cm³/mol. The number of H-pyrrole nitrogens is 2. The zero-order chi connectivity index (χ0) is 15.0. The summed E-state index contributed by atoms with van der Waals surface area (Å²) >= 11 is 0. The fourth-order valence-corrected chi connectivity index (χ4v) is 2.78. The molecule has 0 radical (unpaired) electrons. The van der Waals surface area contributed by atoms with Crippen molar-refractivity contribution in [3.63, 3.8) is 0 Å². The van der Waals surface area contributed by atoms with E-state index in [1.165, 1.54) is 25.7 Å². The largest absolute Gasteiger partial charge is 0.325 e. The van der Waals surface area contributed by atoms with E-state index < -0.39 is 5.69 Å². The maximum atomic E-state index is 12.1. The molecule has 114 valence electrons. The van der Waals surface area contributed by atoms with Gasteiger partial charge < -0.3 is 4.98 Å². The third-order valence-corrected chi connectivity index (χ3v) is 4.13. The molecule has 0 atom stereocenters. The first kappa shape index (κ1) is 16.7. The van der Waals surface area contributed by atoms with Crippen LogP contribution in [0.15, 0.2) is 15.8 Å². The lowest BCUT2D eigenvalue weighted by Gasteiger charge is -2.29. The van der Waals surface area contributed by atoms with Crippen molar-refractivity contribution in [3.05, 3.63) is 32.6 Å². The molecular weight excluding hydrogens is 252 g/mol. The highest BCUT2D eigenvalue weighted by molar-refractivity contribution is 5.17. The molecular formula is C16H28N2O2. The number of unbranched alkanes of at least 4 members (excludes halogenated alkanes) is 4. The van der Waals surface area contributed by atoms with Crippen molar-refractivity contribution in [3.8, 4) is 0 Å². The van der Waals surface area contributed by atoms with Crippen LogP contribution in [-0.2, 0) is 5.41 Å². The summed E-state index contributed by atoms with van der Waals surface area (Å²) in [5.74, 6) is 0. The van der Waals surface area contributed by atoms with Gasteiger partial charge in [0.15, 0.2) is 0 Å². The van der Waals surface area contributed by atoms with Crippen LogP contribution in [0.25, 0.3) is 0 Å². The molecule has 1 aromatic rings. The van der Waals surface area contributed by atoms with Gasteiger partial charge >= 0.3 is 5.69 Å². The van der Waals surface area contributed by atoms with Gasteiger partial charge in [-0.25, -0.2) is 4.79 Å². The summed E-state index contributed by atoms with van der Waals surface area (Å²) in [5.41, 5.74) is -0.0703. The summed E-state index contributed by atoms with van der Waals surface area (Å²) in [5, 5.41) is 0. The van der Waals surface area contributed by atoms with Crippen molar-refractivity contribution in [1.82, 2.24) is 9.97 Å². The van der Waals surface area contributed by atoms with Gasteiger partial charge in [0.2, 0.25) is 0 Å². The Morgan fingerprint density at radius 3 is 2.00 bits per heavy atom. The van der Waals surface area contributed by atoms with Crippen molar-refractivity contribution in [2.24, 2.45) is 0 Å². The Balaban J connectivity index is 2.95. The first-order chi connectivity index (χ1) is 9.53. The number of nitrogens with one attached hydrogen (secondary N) is 2. The third-order valence-electron chi connectivity index (χ3n) is 4.13. The van der Waals surface area contributed by atoms with Gasteiger partial charge in [-0.15, -0.1) is 0 Å². The highest BCUT2D eigenvalue weighted by atomic mass is 16.2. The van der Waals surface area contributed by atoms with Gasteiger partial charge in [-0.05, 0) is 18.3 Å². The minimum absolute atomic E-state index is 0.137. The number of aromatic amines is 2. The van der Waals surface area contributed by atoms with Crippen LogP contribution < -0.4 is 11.2 Å². The van der Waals surface area contributed by atoms with E-state index in [1.807, 2.05) is 0 Å². The predicted octanol–water partition coefficient (Wildman–Crippen LogP) is 3.48.